The molecule has 5 heteroatoms. The van der Waals surface area contributed by atoms with Crippen LogP contribution in [0, 0.1) is 46.3 Å². The molecule has 0 aromatic rings. The SMILES string of the molecule is C[C@@H]1C[C@H](O)[C@@]2(O[C@H]1O)O[C@H]1C[C@H]3[C@@H]4CC=C5C[C@@H](O)CC[C@]5(C)[C@H]4CC[C@]3(C)[C@H]1[C@@H]2C. The highest BCUT2D eigenvalue weighted by atomic mass is 16.8. The van der Waals surface area contributed by atoms with Gasteiger partial charge in [-0.15, -0.1) is 0 Å². The molecule has 2 aliphatic heterocycles. The number of hydrogen-bond acceptors (Lipinski definition) is 5. The second kappa shape index (κ2) is 7.04. The van der Waals surface area contributed by atoms with Gasteiger partial charge in [-0.25, -0.2) is 0 Å². The van der Waals surface area contributed by atoms with Gasteiger partial charge in [0.25, 0.3) is 0 Å². The minimum atomic E-state index is -1.06. The van der Waals surface area contributed by atoms with E-state index in [0.29, 0.717) is 30.1 Å². The zero-order valence-electron chi connectivity index (χ0n) is 20.2. The monoisotopic (exact) mass is 446 g/mol. The lowest BCUT2D eigenvalue weighted by molar-refractivity contribution is -0.372. The third kappa shape index (κ3) is 2.69. The van der Waals surface area contributed by atoms with Gasteiger partial charge in [-0.3, -0.25) is 0 Å². The fourth-order valence-corrected chi connectivity index (χ4v) is 9.81. The number of allylic oxidation sites excluding steroid dienone is 1. The molecular formula is C27H42O5. The van der Waals surface area contributed by atoms with Gasteiger partial charge in [-0.05, 0) is 85.9 Å². The van der Waals surface area contributed by atoms with Gasteiger partial charge in [0, 0.05) is 11.8 Å². The second-order valence-electron chi connectivity index (χ2n) is 12.9. The Balaban J connectivity index is 1.29. The van der Waals surface area contributed by atoms with E-state index < -0.39 is 18.2 Å². The van der Waals surface area contributed by atoms with Crippen molar-refractivity contribution in [3.05, 3.63) is 11.6 Å². The van der Waals surface area contributed by atoms with E-state index in [1.807, 2.05) is 6.92 Å². The number of aliphatic hydroxyl groups is 3. The van der Waals surface area contributed by atoms with Crippen LogP contribution in [-0.4, -0.2) is 45.7 Å². The molecule has 0 amide bonds. The Morgan fingerprint density at radius 2 is 1.75 bits per heavy atom. The van der Waals surface area contributed by atoms with E-state index in [1.54, 1.807) is 0 Å². The van der Waals surface area contributed by atoms with Crippen LogP contribution in [-0.2, 0) is 9.47 Å². The van der Waals surface area contributed by atoms with Gasteiger partial charge >= 0.3 is 0 Å². The van der Waals surface area contributed by atoms with E-state index in [1.165, 1.54) is 18.4 Å². The van der Waals surface area contributed by atoms with E-state index in [0.717, 1.165) is 32.1 Å². The Morgan fingerprint density at radius 3 is 2.53 bits per heavy atom. The van der Waals surface area contributed by atoms with Crippen LogP contribution >= 0.6 is 0 Å². The summed E-state index contributed by atoms with van der Waals surface area (Å²) in [5.74, 6) is 1.29. The van der Waals surface area contributed by atoms with Crippen LogP contribution in [0.4, 0.5) is 0 Å². The summed E-state index contributed by atoms with van der Waals surface area (Å²) < 4.78 is 12.7. The molecule has 2 heterocycles. The Hall–Kier alpha value is -0.460. The van der Waals surface area contributed by atoms with Crippen molar-refractivity contribution in [3.8, 4) is 0 Å². The molecule has 6 rings (SSSR count). The minimum absolute atomic E-state index is 0.0614. The number of aliphatic hydroxyl groups excluding tert-OH is 3. The van der Waals surface area contributed by atoms with Gasteiger partial charge in [-0.1, -0.05) is 39.3 Å². The van der Waals surface area contributed by atoms with Crippen LogP contribution in [0.1, 0.15) is 79.1 Å². The molecule has 0 aromatic carbocycles. The van der Waals surface area contributed by atoms with Crippen LogP contribution in [0.3, 0.4) is 0 Å². The summed E-state index contributed by atoms with van der Waals surface area (Å²) >= 11 is 0. The number of ether oxygens (including phenoxy) is 2. The Kier molecular flexibility index (Phi) is 4.84. The zero-order valence-corrected chi connectivity index (χ0v) is 20.2. The topological polar surface area (TPSA) is 79.2 Å². The molecule has 6 aliphatic rings. The summed E-state index contributed by atoms with van der Waals surface area (Å²) in [6, 6.07) is 0. The molecular weight excluding hydrogens is 404 g/mol. The van der Waals surface area contributed by atoms with E-state index in [-0.39, 0.29) is 34.9 Å². The van der Waals surface area contributed by atoms with Crippen LogP contribution in [0.15, 0.2) is 11.6 Å². The largest absolute Gasteiger partial charge is 0.393 e. The summed E-state index contributed by atoms with van der Waals surface area (Å²) in [5.41, 5.74) is 1.95. The quantitative estimate of drug-likeness (QED) is 0.490. The molecule has 0 aromatic heterocycles. The lowest BCUT2D eigenvalue weighted by Crippen LogP contribution is -2.59. The Bertz CT molecular complexity index is 812. The van der Waals surface area contributed by atoms with Gasteiger partial charge in [-0.2, -0.15) is 0 Å². The molecule has 3 saturated carbocycles. The molecule has 5 fully saturated rings. The maximum absolute atomic E-state index is 11.0. The first-order valence-electron chi connectivity index (χ1n) is 13.2. The summed E-state index contributed by atoms with van der Waals surface area (Å²) in [6.07, 6.45) is 8.92. The highest BCUT2D eigenvalue weighted by molar-refractivity contribution is 5.26. The van der Waals surface area contributed by atoms with E-state index in [2.05, 4.69) is 26.8 Å². The van der Waals surface area contributed by atoms with Crippen molar-refractivity contribution in [2.24, 2.45) is 46.3 Å². The summed E-state index contributed by atoms with van der Waals surface area (Å²) in [4.78, 5) is 0. The smallest absolute Gasteiger partial charge is 0.200 e. The molecule has 0 radical (unpaired) electrons. The lowest BCUT2D eigenvalue weighted by atomic mass is 9.47. The van der Waals surface area contributed by atoms with E-state index in [4.69, 9.17) is 9.47 Å². The average Bonchev–Trinajstić information content (AvgIpc) is 3.18. The Labute approximate surface area is 192 Å². The molecule has 3 N–H and O–H groups in total. The van der Waals surface area contributed by atoms with Crippen molar-refractivity contribution in [2.75, 3.05) is 0 Å². The zero-order chi connectivity index (χ0) is 22.6. The van der Waals surface area contributed by atoms with Crippen LogP contribution < -0.4 is 0 Å². The van der Waals surface area contributed by atoms with Crippen molar-refractivity contribution in [2.45, 2.75) is 109 Å². The normalized spacial score (nSPS) is 61.5. The summed E-state index contributed by atoms with van der Waals surface area (Å²) in [6.45, 7) is 9.08. The lowest BCUT2D eigenvalue weighted by Gasteiger charge is -2.58. The number of rotatable bonds is 0. The fraction of sp³-hybridized carbons (Fsp3) is 0.926. The third-order valence-corrected chi connectivity index (χ3v) is 11.5. The van der Waals surface area contributed by atoms with Crippen LogP contribution in [0.25, 0.3) is 0 Å². The van der Waals surface area contributed by atoms with E-state index in [9.17, 15) is 15.3 Å². The number of hydrogen-bond donors (Lipinski definition) is 3. The Morgan fingerprint density at radius 1 is 0.969 bits per heavy atom. The molecule has 5 nitrogen and oxygen atoms in total. The van der Waals surface area contributed by atoms with Gasteiger partial charge in [0.15, 0.2) is 12.1 Å². The molecule has 0 bridgehead atoms. The first-order chi connectivity index (χ1) is 15.1. The van der Waals surface area contributed by atoms with Crippen molar-refractivity contribution < 1.29 is 24.8 Å². The van der Waals surface area contributed by atoms with Crippen molar-refractivity contribution in [1.82, 2.24) is 0 Å². The average molecular weight is 447 g/mol. The van der Waals surface area contributed by atoms with Crippen molar-refractivity contribution in [1.29, 1.82) is 0 Å². The summed E-state index contributed by atoms with van der Waals surface area (Å²) in [5, 5.41) is 31.8. The minimum Gasteiger partial charge on any atom is -0.393 e. The molecule has 1 spiro atoms. The standard InChI is InChI=1S/C27H42O5/c1-14-11-22(29)27(32-24(14)30)15(2)23-21(31-27)13-20-18-6-5-16-12-17(28)7-9-25(16,3)19(18)8-10-26(20,23)4/h5,14-15,17-24,28-30H,6-13H2,1-4H3/t14-,15+,17+,18-,19+,20+,21+,22+,23+,24-,25+,26+,27-/m1/s1. The fourth-order valence-electron chi connectivity index (χ4n) is 9.81. The van der Waals surface area contributed by atoms with Crippen molar-refractivity contribution >= 4 is 0 Å². The maximum atomic E-state index is 11.0. The molecule has 13 atom stereocenters. The molecule has 4 aliphatic carbocycles. The van der Waals surface area contributed by atoms with Gasteiger partial charge in [0.1, 0.15) is 6.10 Å². The van der Waals surface area contributed by atoms with Crippen LogP contribution in [0.5, 0.6) is 0 Å². The first-order valence-corrected chi connectivity index (χ1v) is 13.2. The van der Waals surface area contributed by atoms with Crippen LogP contribution in [0.2, 0.25) is 0 Å². The molecule has 180 valence electrons. The van der Waals surface area contributed by atoms with E-state index >= 15 is 0 Å². The highest BCUT2D eigenvalue weighted by Gasteiger charge is 2.70. The molecule has 32 heavy (non-hydrogen) atoms. The molecule has 2 saturated heterocycles. The van der Waals surface area contributed by atoms with Gasteiger partial charge in [0.05, 0.1) is 12.2 Å². The first kappa shape index (κ1) is 22.0. The van der Waals surface area contributed by atoms with Gasteiger partial charge < -0.3 is 24.8 Å². The highest BCUT2D eigenvalue weighted by Crippen LogP contribution is 2.70. The molecule has 0 unspecified atom stereocenters. The maximum Gasteiger partial charge on any atom is 0.200 e. The number of fused-ring (bicyclic) bond motifs is 7. The third-order valence-electron chi connectivity index (χ3n) is 11.5. The summed E-state index contributed by atoms with van der Waals surface area (Å²) in [7, 11) is 0. The predicted octanol–water partition coefficient (Wildman–Crippen LogP) is 4.00. The van der Waals surface area contributed by atoms with Crippen molar-refractivity contribution in [3.63, 3.8) is 0 Å². The predicted molar refractivity (Wildman–Crippen MR) is 120 cm³/mol. The second-order valence-corrected chi connectivity index (χ2v) is 12.9. The van der Waals surface area contributed by atoms with Gasteiger partial charge in [0.2, 0.25) is 0 Å².